The highest BCUT2D eigenvalue weighted by Crippen LogP contribution is 2.44. The number of pyridine rings is 1. The third kappa shape index (κ3) is 2.86. The van der Waals surface area contributed by atoms with Crippen molar-refractivity contribution in [3.63, 3.8) is 0 Å². The molecule has 0 unspecified atom stereocenters. The number of rotatable bonds is 3. The number of hydrogen-bond acceptors (Lipinski definition) is 5. The van der Waals surface area contributed by atoms with Crippen molar-refractivity contribution in [2.75, 3.05) is 0 Å². The summed E-state index contributed by atoms with van der Waals surface area (Å²) in [6, 6.07) is 3.57. The molecule has 3 aliphatic carbocycles. The fourth-order valence-corrected chi connectivity index (χ4v) is 5.36. The number of fused-ring (bicyclic) bond motifs is 4. The molecule has 6 nitrogen and oxygen atoms in total. The third-order valence-electron chi connectivity index (χ3n) is 6.10. The molecule has 3 aliphatic rings. The SMILES string of the molecule is O=C(NC12CCC(CC1)CC2)c1scc2c(=O)[nH]c(-c3ccncc3)nc12. The fourth-order valence-electron chi connectivity index (χ4n) is 4.48. The Kier molecular flexibility index (Phi) is 3.86. The number of aromatic nitrogens is 3. The molecular formula is C20H20N4O2S. The number of carbonyl (C=O) groups excluding carboxylic acids is 1. The quantitative estimate of drug-likeness (QED) is 0.728. The van der Waals surface area contributed by atoms with Crippen LogP contribution < -0.4 is 10.9 Å². The predicted molar refractivity (Wildman–Crippen MR) is 105 cm³/mol. The van der Waals surface area contributed by atoms with Crippen LogP contribution in [0.5, 0.6) is 0 Å². The van der Waals surface area contributed by atoms with Gasteiger partial charge in [-0.05, 0) is 56.6 Å². The van der Waals surface area contributed by atoms with Gasteiger partial charge in [0.25, 0.3) is 11.5 Å². The van der Waals surface area contributed by atoms with Gasteiger partial charge in [-0.3, -0.25) is 14.6 Å². The number of aromatic amines is 1. The van der Waals surface area contributed by atoms with E-state index in [0.29, 0.717) is 21.6 Å². The van der Waals surface area contributed by atoms with Gasteiger partial charge in [0.2, 0.25) is 0 Å². The van der Waals surface area contributed by atoms with Crippen LogP contribution in [0.3, 0.4) is 0 Å². The minimum atomic E-state index is -0.224. The van der Waals surface area contributed by atoms with Gasteiger partial charge in [0.1, 0.15) is 16.2 Å². The molecule has 2 bridgehead atoms. The van der Waals surface area contributed by atoms with E-state index in [-0.39, 0.29) is 17.0 Å². The normalized spacial score (nSPS) is 24.2. The van der Waals surface area contributed by atoms with E-state index >= 15 is 0 Å². The summed E-state index contributed by atoms with van der Waals surface area (Å²) < 4.78 is 0. The van der Waals surface area contributed by atoms with Gasteiger partial charge in [0.05, 0.1) is 5.39 Å². The second kappa shape index (κ2) is 6.27. The van der Waals surface area contributed by atoms with Crippen molar-refractivity contribution in [3.05, 3.63) is 45.1 Å². The molecular weight excluding hydrogens is 360 g/mol. The number of hydrogen-bond donors (Lipinski definition) is 2. The van der Waals surface area contributed by atoms with Crippen LogP contribution in [-0.4, -0.2) is 26.4 Å². The lowest BCUT2D eigenvalue weighted by atomic mass is 9.66. The summed E-state index contributed by atoms with van der Waals surface area (Å²) in [4.78, 5) is 37.5. The van der Waals surface area contributed by atoms with Crippen molar-refractivity contribution in [1.29, 1.82) is 0 Å². The standard InChI is InChI=1S/C20H20N4O2S/c25-18-14-11-27-16(15(14)22-17(23-18)13-4-9-21-10-5-13)19(26)24-20-6-1-12(2-7-20)3-8-20/h4-5,9-12H,1-3,6-8H2,(H,24,26)(H,22,23,25). The molecule has 138 valence electrons. The largest absolute Gasteiger partial charge is 0.346 e. The monoisotopic (exact) mass is 380 g/mol. The fraction of sp³-hybridized carbons (Fsp3) is 0.400. The molecule has 3 saturated carbocycles. The van der Waals surface area contributed by atoms with Gasteiger partial charge >= 0.3 is 0 Å². The van der Waals surface area contributed by atoms with Crippen LogP contribution in [0.2, 0.25) is 0 Å². The Bertz CT molecular complexity index is 1050. The Labute approximate surface area is 160 Å². The van der Waals surface area contributed by atoms with Gasteiger partial charge < -0.3 is 10.3 Å². The lowest BCUT2D eigenvalue weighted by molar-refractivity contribution is 0.0719. The predicted octanol–water partition coefficient (Wildman–Crippen LogP) is 3.50. The molecule has 0 radical (unpaired) electrons. The Balaban J connectivity index is 1.52. The van der Waals surface area contributed by atoms with Crippen molar-refractivity contribution in [1.82, 2.24) is 20.3 Å². The topological polar surface area (TPSA) is 87.7 Å². The molecule has 3 aromatic heterocycles. The van der Waals surface area contributed by atoms with E-state index in [9.17, 15) is 9.59 Å². The number of thiophene rings is 1. The summed E-state index contributed by atoms with van der Waals surface area (Å²) in [6.07, 6.45) is 10.1. The first-order valence-electron chi connectivity index (χ1n) is 9.38. The molecule has 2 N–H and O–H groups in total. The first kappa shape index (κ1) is 16.6. The summed E-state index contributed by atoms with van der Waals surface area (Å²) in [6.45, 7) is 0. The van der Waals surface area contributed by atoms with E-state index in [1.807, 2.05) is 0 Å². The highest BCUT2D eigenvalue weighted by atomic mass is 32.1. The summed E-state index contributed by atoms with van der Waals surface area (Å²) >= 11 is 1.29. The molecule has 3 aromatic rings. The highest BCUT2D eigenvalue weighted by Gasteiger charge is 2.41. The number of amides is 1. The van der Waals surface area contributed by atoms with Crippen molar-refractivity contribution in [2.24, 2.45) is 5.92 Å². The van der Waals surface area contributed by atoms with Crippen LogP contribution in [0.1, 0.15) is 48.2 Å². The van der Waals surface area contributed by atoms with Crippen molar-refractivity contribution >= 4 is 28.1 Å². The third-order valence-corrected chi connectivity index (χ3v) is 7.07. The van der Waals surface area contributed by atoms with E-state index in [0.717, 1.165) is 30.7 Å². The van der Waals surface area contributed by atoms with Crippen LogP contribution in [0.15, 0.2) is 34.7 Å². The average Bonchev–Trinajstić information content (AvgIpc) is 3.14. The zero-order valence-corrected chi connectivity index (χ0v) is 15.6. The maximum absolute atomic E-state index is 13.1. The molecule has 6 rings (SSSR count). The lowest BCUT2D eigenvalue weighted by Gasteiger charge is -2.46. The van der Waals surface area contributed by atoms with Crippen LogP contribution in [0, 0.1) is 5.92 Å². The molecule has 3 fully saturated rings. The Morgan fingerprint density at radius 2 is 1.89 bits per heavy atom. The molecule has 0 saturated heterocycles. The smallest absolute Gasteiger partial charge is 0.264 e. The molecule has 1 amide bonds. The highest BCUT2D eigenvalue weighted by molar-refractivity contribution is 7.13. The van der Waals surface area contributed by atoms with Gasteiger partial charge in [-0.15, -0.1) is 11.3 Å². The zero-order valence-electron chi connectivity index (χ0n) is 14.8. The number of nitrogens with one attached hydrogen (secondary N) is 2. The molecule has 27 heavy (non-hydrogen) atoms. The van der Waals surface area contributed by atoms with Crippen molar-refractivity contribution in [3.8, 4) is 11.4 Å². The minimum absolute atomic E-state index is 0.0721. The second-order valence-electron chi connectivity index (χ2n) is 7.69. The lowest BCUT2D eigenvalue weighted by Crippen LogP contribution is -2.53. The molecule has 0 atom stereocenters. The van der Waals surface area contributed by atoms with E-state index in [2.05, 4.69) is 20.3 Å². The number of nitrogens with zero attached hydrogens (tertiary/aromatic N) is 2. The molecule has 0 aromatic carbocycles. The van der Waals surface area contributed by atoms with E-state index < -0.39 is 0 Å². The maximum atomic E-state index is 13.1. The molecule has 3 heterocycles. The minimum Gasteiger partial charge on any atom is -0.346 e. The molecule has 0 aliphatic heterocycles. The Hall–Kier alpha value is -2.54. The Morgan fingerprint density at radius 3 is 2.59 bits per heavy atom. The van der Waals surface area contributed by atoms with Gasteiger partial charge in [-0.1, -0.05) is 0 Å². The van der Waals surface area contributed by atoms with E-state index in [1.165, 1.54) is 30.6 Å². The first-order valence-corrected chi connectivity index (χ1v) is 10.3. The summed E-state index contributed by atoms with van der Waals surface area (Å²) in [5.41, 5.74) is 0.954. The van der Waals surface area contributed by atoms with E-state index in [4.69, 9.17) is 0 Å². The average molecular weight is 380 g/mol. The maximum Gasteiger partial charge on any atom is 0.264 e. The van der Waals surface area contributed by atoms with Crippen molar-refractivity contribution < 1.29 is 4.79 Å². The number of H-pyrrole nitrogens is 1. The molecule has 7 heteroatoms. The van der Waals surface area contributed by atoms with E-state index in [1.54, 1.807) is 29.9 Å². The van der Waals surface area contributed by atoms with Gasteiger partial charge in [0.15, 0.2) is 0 Å². The Morgan fingerprint density at radius 1 is 1.19 bits per heavy atom. The van der Waals surface area contributed by atoms with Gasteiger partial charge in [-0.25, -0.2) is 4.98 Å². The van der Waals surface area contributed by atoms with Gasteiger partial charge in [-0.2, -0.15) is 0 Å². The van der Waals surface area contributed by atoms with Crippen LogP contribution >= 0.6 is 11.3 Å². The van der Waals surface area contributed by atoms with Gasteiger partial charge in [0, 0.05) is 28.9 Å². The van der Waals surface area contributed by atoms with Crippen LogP contribution in [0.4, 0.5) is 0 Å². The molecule has 0 spiro atoms. The first-order chi connectivity index (χ1) is 13.1. The number of carbonyl (C=O) groups is 1. The zero-order chi connectivity index (χ0) is 18.4. The van der Waals surface area contributed by atoms with Crippen LogP contribution in [0.25, 0.3) is 22.3 Å². The summed E-state index contributed by atoms with van der Waals surface area (Å²) in [7, 11) is 0. The summed E-state index contributed by atoms with van der Waals surface area (Å²) in [5, 5.41) is 5.49. The summed E-state index contributed by atoms with van der Waals surface area (Å²) in [5.74, 6) is 1.20. The van der Waals surface area contributed by atoms with Crippen LogP contribution in [-0.2, 0) is 0 Å². The van der Waals surface area contributed by atoms with Crippen molar-refractivity contribution in [2.45, 2.75) is 44.1 Å². The second-order valence-corrected chi connectivity index (χ2v) is 8.57.